The van der Waals surface area contributed by atoms with Crippen LogP contribution in [0.1, 0.15) is 30.9 Å². The van der Waals surface area contributed by atoms with Gasteiger partial charge in [-0.05, 0) is 49.4 Å². The molecular formula is C18H21ClO2. The molecule has 3 heteroatoms. The number of aliphatic hydroxyl groups excluding tert-OH is 1. The molecule has 0 heterocycles. The van der Waals surface area contributed by atoms with Gasteiger partial charge in [0.25, 0.3) is 0 Å². The number of rotatable bonds is 7. The van der Waals surface area contributed by atoms with Crippen molar-refractivity contribution < 1.29 is 9.84 Å². The average Bonchev–Trinajstić information content (AvgIpc) is 2.48. The molecule has 0 aromatic heterocycles. The van der Waals surface area contributed by atoms with Gasteiger partial charge >= 0.3 is 0 Å². The minimum atomic E-state index is -0.258. The monoisotopic (exact) mass is 304 g/mol. The van der Waals surface area contributed by atoms with Crippen LogP contribution in [-0.4, -0.2) is 11.2 Å². The van der Waals surface area contributed by atoms with Crippen LogP contribution in [0, 0.1) is 0 Å². The molecule has 0 fully saturated rings. The Hall–Kier alpha value is -1.51. The molecule has 0 aliphatic heterocycles. The number of halogens is 1. The number of aryl methyl sites for hydroxylation is 1. The van der Waals surface area contributed by atoms with Crippen LogP contribution in [0.4, 0.5) is 0 Å². The van der Waals surface area contributed by atoms with E-state index in [1.807, 2.05) is 55.5 Å². The number of hydrogen-bond donors (Lipinski definition) is 1. The Kier molecular flexibility index (Phi) is 6.09. The van der Waals surface area contributed by atoms with E-state index in [4.69, 9.17) is 16.3 Å². The molecule has 0 aliphatic carbocycles. The lowest BCUT2D eigenvalue weighted by Gasteiger charge is -2.12. The van der Waals surface area contributed by atoms with E-state index in [9.17, 15) is 5.11 Å². The highest BCUT2D eigenvalue weighted by Gasteiger charge is 2.06. The molecule has 112 valence electrons. The van der Waals surface area contributed by atoms with Gasteiger partial charge in [-0.2, -0.15) is 0 Å². The Balaban J connectivity index is 2.01. The Morgan fingerprint density at radius 3 is 2.62 bits per heavy atom. The second-order valence-corrected chi connectivity index (χ2v) is 5.70. The molecule has 0 radical (unpaired) electrons. The van der Waals surface area contributed by atoms with Crippen molar-refractivity contribution in [2.45, 2.75) is 38.9 Å². The molecule has 0 bridgehead atoms. The number of aliphatic hydroxyl groups is 1. The Bertz CT molecular complexity index is 552. The molecular weight excluding hydrogens is 284 g/mol. The number of benzene rings is 2. The van der Waals surface area contributed by atoms with Gasteiger partial charge in [0.1, 0.15) is 12.4 Å². The summed E-state index contributed by atoms with van der Waals surface area (Å²) in [6.45, 7) is 2.35. The molecule has 21 heavy (non-hydrogen) atoms. The SMILES string of the molecule is C[C@H](O)CCCc1ccc(Cl)cc1OCc1ccccc1. The van der Waals surface area contributed by atoms with Gasteiger partial charge in [0.05, 0.1) is 6.10 Å². The van der Waals surface area contributed by atoms with Crippen molar-refractivity contribution in [3.63, 3.8) is 0 Å². The zero-order chi connectivity index (χ0) is 15.1. The topological polar surface area (TPSA) is 29.5 Å². The second kappa shape index (κ2) is 8.06. The van der Waals surface area contributed by atoms with Crippen LogP contribution in [-0.2, 0) is 13.0 Å². The first kappa shape index (κ1) is 15.9. The van der Waals surface area contributed by atoms with Gasteiger partial charge in [0.2, 0.25) is 0 Å². The van der Waals surface area contributed by atoms with E-state index in [0.717, 1.165) is 36.1 Å². The van der Waals surface area contributed by atoms with E-state index in [1.165, 1.54) is 0 Å². The Labute approximate surface area is 131 Å². The smallest absolute Gasteiger partial charge is 0.124 e. The molecule has 1 atom stereocenters. The normalized spacial score (nSPS) is 12.1. The van der Waals surface area contributed by atoms with Crippen LogP contribution in [0.25, 0.3) is 0 Å². The van der Waals surface area contributed by atoms with Crippen molar-refractivity contribution >= 4 is 11.6 Å². The standard InChI is InChI=1S/C18H21ClO2/c1-14(20)6-5-9-16-10-11-17(19)12-18(16)21-13-15-7-3-2-4-8-15/h2-4,7-8,10-12,14,20H,5-6,9,13H2,1H3/t14-/m0/s1. The molecule has 2 aromatic rings. The van der Waals surface area contributed by atoms with E-state index >= 15 is 0 Å². The highest BCUT2D eigenvalue weighted by Crippen LogP contribution is 2.26. The second-order valence-electron chi connectivity index (χ2n) is 5.27. The van der Waals surface area contributed by atoms with E-state index in [-0.39, 0.29) is 6.10 Å². The summed E-state index contributed by atoms with van der Waals surface area (Å²) in [5.74, 6) is 0.831. The zero-order valence-electron chi connectivity index (χ0n) is 12.3. The van der Waals surface area contributed by atoms with Crippen molar-refractivity contribution in [2.75, 3.05) is 0 Å². The molecule has 0 aliphatic rings. The third-order valence-corrected chi connectivity index (χ3v) is 3.57. The van der Waals surface area contributed by atoms with Crippen LogP contribution in [0.5, 0.6) is 5.75 Å². The van der Waals surface area contributed by atoms with E-state index in [1.54, 1.807) is 0 Å². The Morgan fingerprint density at radius 2 is 1.90 bits per heavy atom. The fraction of sp³-hybridized carbons (Fsp3) is 0.333. The van der Waals surface area contributed by atoms with Gasteiger partial charge in [-0.25, -0.2) is 0 Å². The van der Waals surface area contributed by atoms with Crippen molar-refractivity contribution in [3.05, 3.63) is 64.7 Å². The maximum absolute atomic E-state index is 9.34. The predicted octanol–water partition coefficient (Wildman–Crippen LogP) is 4.62. The summed E-state index contributed by atoms with van der Waals surface area (Å²) < 4.78 is 5.91. The Morgan fingerprint density at radius 1 is 1.14 bits per heavy atom. The minimum Gasteiger partial charge on any atom is -0.489 e. The van der Waals surface area contributed by atoms with Gasteiger partial charge in [-0.1, -0.05) is 48.0 Å². The van der Waals surface area contributed by atoms with Gasteiger partial charge in [0, 0.05) is 5.02 Å². The zero-order valence-corrected chi connectivity index (χ0v) is 13.0. The molecule has 2 rings (SSSR count). The van der Waals surface area contributed by atoms with Gasteiger partial charge in [-0.3, -0.25) is 0 Å². The molecule has 0 unspecified atom stereocenters. The first-order valence-corrected chi connectivity index (χ1v) is 7.66. The molecule has 0 saturated heterocycles. The first-order chi connectivity index (χ1) is 10.1. The van der Waals surface area contributed by atoms with Gasteiger partial charge in [0.15, 0.2) is 0 Å². The third-order valence-electron chi connectivity index (χ3n) is 3.33. The maximum atomic E-state index is 9.34. The van der Waals surface area contributed by atoms with Crippen molar-refractivity contribution in [1.82, 2.24) is 0 Å². The highest BCUT2D eigenvalue weighted by molar-refractivity contribution is 6.30. The quantitative estimate of drug-likeness (QED) is 0.808. The van der Waals surface area contributed by atoms with E-state index in [2.05, 4.69) is 0 Å². The fourth-order valence-corrected chi connectivity index (χ4v) is 2.35. The van der Waals surface area contributed by atoms with Gasteiger partial charge in [-0.15, -0.1) is 0 Å². The molecule has 0 saturated carbocycles. The summed E-state index contributed by atoms with van der Waals surface area (Å²) in [6, 6.07) is 15.8. The lowest BCUT2D eigenvalue weighted by atomic mass is 10.1. The lowest BCUT2D eigenvalue weighted by molar-refractivity contribution is 0.181. The van der Waals surface area contributed by atoms with Crippen LogP contribution < -0.4 is 4.74 Å². The maximum Gasteiger partial charge on any atom is 0.124 e. The molecule has 0 amide bonds. The predicted molar refractivity (Wildman–Crippen MR) is 86.8 cm³/mol. The van der Waals surface area contributed by atoms with E-state index in [0.29, 0.717) is 11.6 Å². The van der Waals surface area contributed by atoms with Crippen LogP contribution in [0.15, 0.2) is 48.5 Å². The average molecular weight is 305 g/mol. The summed E-state index contributed by atoms with van der Waals surface area (Å²) in [7, 11) is 0. The number of ether oxygens (including phenoxy) is 1. The molecule has 2 aromatic carbocycles. The van der Waals surface area contributed by atoms with Crippen molar-refractivity contribution in [1.29, 1.82) is 0 Å². The molecule has 1 N–H and O–H groups in total. The van der Waals surface area contributed by atoms with Crippen molar-refractivity contribution in [2.24, 2.45) is 0 Å². The summed E-state index contributed by atoms with van der Waals surface area (Å²) in [5, 5.41) is 10.0. The summed E-state index contributed by atoms with van der Waals surface area (Å²) in [4.78, 5) is 0. The summed E-state index contributed by atoms with van der Waals surface area (Å²) in [6.07, 6.45) is 2.35. The highest BCUT2D eigenvalue weighted by atomic mass is 35.5. The van der Waals surface area contributed by atoms with Crippen LogP contribution in [0.2, 0.25) is 5.02 Å². The fourth-order valence-electron chi connectivity index (χ4n) is 2.19. The van der Waals surface area contributed by atoms with E-state index < -0.39 is 0 Å². The molecule has 0 spiro atoms. The number of hydrogen-bond acceptors (Lipinski definition) is 2. The van der Waals surface area contributed by atoms with Gasteiger partial charge < -0.3 is 9.84 Å². The largest absolute Gasteiger partial charge is 0.489 e. The molecule has 2 nitrogen and oxygen atoms in total. The minimum absolute atomic E-state index is 0.258. The summed E-state index contributed by atoms with van der Waals surface area (Å²) in [5.41, 5.74) is 2.27. The van der Waals surface area contributed by atoms with Crippen molar-refractivity contribution in [3.8, 4) is 5.75 Å². The third kappa shape index (κ3) is 5.41. The summed E-state index contributed by atoms with van der Waals surface area (Å²) >= 11 is 6.06. The first-order valence-electron chi connectivity index (χ1n) is 7.28. The van der Waals surface area contributed by atoms with Crippen LogP contribution in [0.3, 0.4) is 0 Å². The lowest BCUT2D eigenvalue weighted by Crippen LogP contribution is -2.02. The van der Waals surface area contributed by atoms with Crippen LogP contribution >= 0.6 is 11.6 Å².